The van der Waals surface area contributed by atoms with Crippen molar-refractivity contribution in [2.45, 2.75) is 45.8 Å². The van der Waals surface area contributed by atoms with Crippen molar-refractivity contribution < 1.29 is 23.8 Å². The Morgan fingerprint density at radius 1 is 1.43 bits per heavy atom. The number of nitrogens with one attached hydrogen (secondary N) is 1. The van der Waals surface area contributed by atoms with E-state index in [1.807, 2.05) is 20.8 Å². The Labute approximate surface area is 123 Å². The first-order chi connectivity index (χ1) is 9.68. The molecule has 5 nitrogen and oxygen atoms in total. The van der Waals surface area contributed by atoms with Gasteiger partial charge in [-0.2, -0.15) is 0 Å². The number of aromatic carboxylic acids is 1. The number of para-hydroxylation sites is 1. The van der Waals surface area contributed by atoms with Crippen LogP contribution in [0.2, 0.25) is 0 Å². The zero-order valence-electron chi connectivity index (χ0n) is 12.6. The molecular formula is C15H20FNO4. The Morgan fingerprint density at radius 3 is 2.57 bits per heavy atom. The van der Waals surface area contributed by atoms with Gasteiger partial charge in [0.15, 0.2) is 17.7 Å². The summed E-state index contributed by atoms with van der Waals surface area (Å²) in [6, 6.07) is 3.58. The lowest BCUT2D eigenvalue weighted by atomic mass is 10.0. The number of benzene rings is 1. The Morgan fingerprint density at radius 2 is 2.05 bits per heavy atom. The van der Waals surface area contributed by atoms with Gasteiger partial charge >= 0.3 is 5.97 Å². The molecule has 1 rings (SSSR count). The van der Waals surface area contributed by atoms with Gasteiger partial charge in [0.2, 0.25) is 0 Å². The first-order valence-corrected chi connectivity index (χ1v) is 6.68. The van der Waals surface area contributed by atoms with Gasteiger partial charge in [-0.15, -0.1) is 0 Å². The van der Waals surface area contributed by atoms with E-state index in [9.17, 15) is 14.0 Å². The Hall–Kier alpha value is -2.11. The third kappa shape index (κ3) is 4.44. The molecule has 1 unspecified atom stereocenters. The fourth-order valence-corrected chi connectivity index (χ4v) is 1.55. The number of hydrogen-bond acceptors (Lipinski definition) is 3. The van der Waals surface area contributed by atoms with E-state index in [0.717, 1.165) is 6.07 Å². The van der Waals surface area contributed by atoms with Gasteiger partial charge < -0.3 is 15.2 Å². The molecule has 1 atom stereocenters. The zero-order valence-corrected chi connectivity index (χ0v) is 12.6. The number of halogens is 1. The monoisotopic (exact) mass is 297 g/mol. The van der Waals surface area contributed by atoms with E-state index in [4.69, 9.17) is 9.84 Å². The number of amides is 1. The SMILES string of the molecule is CCC(C)(C)NC(=O)C(C)Oc1c(F)cccc1C(=O)O. The normalized spacial score (nSPS) is 12.6. The largest absolute Gasteiger partial charge is 0.478 e. The molecule has 0 saturated heterocycles. The molecule has 21 heavy (non-hydrogen) atoms. The highest BCUT2D eigenvalue weighted by Gasteiger charge is 2.25. The van der Waals surface area contributed by atoms with Crippen LogP contribution in [0.3, 0.4) is 0 Å². The average molecular weight is 297 g/mol. The van der Waals surface area contributed by atoms with Gasteiger partial charge in [0, 0.05) is 5.54 Å². The maximum Gasteiger partial charge on any atom is 0.339 e. The summed E-state index contributed by atoms with van der Waals surface area (Å²) in [4.78, 5) is 23.1. The predicted octanol–water partition coefficient (Wildman–Crippen LogP) is 2.60. The van der Waals surface area contributed by atoms with Crippen molar-refractivity contribution in [2.75, 3.05) is 0 Å². The number of carboxylic acids is 1. The first kappa shape index (κ1) is 16.9. The van der Waals surface area contributed by atoms with Gasteiger partial charge in [0.1, 0.15) is 5.56 Å². The van der Waals surface area contributed by atoms with Crippen molar-refractivity contribution in [1.82, 2.24) is 5.32 Å². The fourth-order valence-electron chi connectivity index (χ4n) is 1.55. The molecule has 0 aliphatic carbocycles. The van der Waals surface area contributed by atoms with Crippen LogP contribution in [-0.2, 0) is 4.79 Å². The van der Waals surface area contributed by atoms with Crippen LogP contribution in [-0.4, -0.2) is 28.6 Å². The molecule has 2 N–H and O–H groups in total. The van der Waals surface area contributed by atoms with Gasteiger partial charge in [0.25, 0.3) is 5.91 Å². The molecule has 0 aromatic heterocycles. The molecular weight excluding hydrogens is 277 g/mol. The summed E-state index contributed by atoms with van der Waals surface area (Å²) in [5.74, 6) is -2.99. The summed E-state index contributed by atoms with van der Waals surface area (Å²) in [6.45, 7) is 7.07. The van der Waals surface area contributed by atoms with E-state index >= 15 is 0 Å². The van der Waals surface area contributed by atoms with E-state index in [1.54, 1.807) is 0 Å². The van der Waals surface area contributed by atoms with Gasteiger partial charge in [-0.25, -0.2) is 9.18 Å². The minimum Gasteiger partial charge on any atom is -0.478 e. The second-order valence-electron chi connectivity index (χ2n) is 5.41. The number of hydrogen-bond donors (Lipinski definition) is 2. The molecule has 0 fully saturated rings. The van der Waals surface area contributed by atoms with E-state index in [2.05, 4.69) is 5.32 Å². The molecule has 1 aromatic rings. The average Bonchev–Trinajstić information content (AvgIpc) is 2.40. The van der Waals surface area contributed by atoms with E-state index in [1.165, 1.54) is 19.1 Å². The second-order valence-corrected chi connectivity index (χ2v) is 5.41. The molecule has 0 saturated carbocycles. The summed E-state index contributed by atoms with van der Waals surface area (Å²) >= 11 is 0. The molecule has 0 bridgehead atoms. The molecule has 6 heteroatoms. The van der Waals surface area contributed by atoms with Crippen LogP contribution in [0.25, 0.3) is 0 Å². The van der Waals surface area contributed by atoms with Crippen molar-refractivity contribution >= 4 is 11.9 Å². The van der Waals surface area contributed by atoms with Crippen molar-refractivity contribution in [3.05, 3.63) is 29.6 Å². The molecule has 0 heterocycles. The highest BCUT2D eigenvalue weighted by atomic mass is 19.1. The van der Waals surface area contributed by atoms with Gasteiger partial charge in [-0.05, 0) is 39.3 Å². The topological polar surface area (TPSA) is 75.6 Å². The van der Waals surface area contributed by atoms with Gasteiger partial charge in [-0.3, -0.25) is 4.79 Å². The van der Waals surface area contributed by atoms with Crippen molar-refractivity contribution in [3.8, 4) is 5.75 Å². The molecule has 0 spiro atoms. The van der Waals surface area contributed by atoms with Crippen LogP contribution in [0, 0.1) is 5.82 Å². The standard InChI is InChI=1S/C15H20FNO4/c1-5-15(3,4)17-13(18)9(2)21-12-10(14(19)20)7-6-8-11(12)16/h6-9H,5H2,1-4H3,(H,17,18)(H,19,20). The summed E-state index contributed by atoms with van der Waals surface area (Å²) in [5.41, 5.74) is -0.732. The third-order valence-electron chi connectivity index (χ3n) is 3.21. The smallest absolute Gasteiger partial charge is 0.339 e. The van der Waals surface area contributed by atoms with Gasteiger partial charge in [0.05, 0.1) is 0 Å². The lowest BCUT2D eigenvalue weighted by Crippen LogP contribution is -2.48. The van der Waals surface area contributed by atoms with Crippen LogP contribution in [0.1, 0.15) is 44.5 Å². The number of ether oxygens (including phenoxy) is 1. The minimum absolute atomic E-state index is 0.315. The van der Waals surface area contributed by atoms with E-state index in [-0.39, 0.29) is 5.56 Å². The highest BCUT2D eigenvalue weighted by molar-refractivity contribution is 5.91. The highest BCUT2D eigenvalue weighted by Crippen LogP contribution is 2.24. The minimum atomic E-state index is -1.31. The summed E-state index contributed by atoms with van der Waals surface area (Å²) in [6.07, 6.45) is -0.295. The summed E-state index contributed by atoms with van der Waals surface area (Å²) in [7, 11) is 0. The number of carboxylic acid groups (broad SMARTS) is 1. The van der Waals surface area contributed by atoms with Crippen LogP contribution >= 0.6 is 0 Å². The van der Waals surface area contributed by atoms with E-state index < -0.39 is 35.1 Å². The third-order valence-corrected chi connectivity index (χ3v) is 3.21. The van der Waals surface area contributed by atoms with Crippen molar-refractivity contribution in [3.63, 3.8) is 0 Å². The van der Waals surface area contributed by atoms with Crippen LogP contribution in [0.15, 0.2) is 18.2 Å². The molecule has 0 radical (unpaired) electrons. The number of carbonyl (C=O) groups is 2. The predicted molar refractivity (Wildman–Crippen MR) is 76.0 cm³/mol. The maximum atomic E-state index is 13.7. The molecule has 0 aliphatic rings. The van der Waals surface area contributed by atoms with Crippen molar-refractivity contribution in [2.24, 2.45) is 0 Å². The Kier molecular flexibility index (Phi) is 5.29. The lowest BCUT2D eigenvalue weighted by Gasteiger charge is -2.26. The number of carbonyl (C=O) groups excluding carboxylic acids is 1. The van der Waals surface area contributed by atoms with Crippen LogP contribution in [0.4, 0.5) is 4.39 Å². The quantitative estimate of drug-likeness (QED) is 0.846. The van der Waals surface area contributed by atoms with E-state index in [0.29, 0.717) is 6.42 Å². The summed E-state index contributed by atoms with van der Waals surface area (Å²) in [5, 5.41) is 11.8. The first-order valence-electron chi connectivity index (χ1n) is 6.68. The Balaban J connectivity index is 2.91. The second kappa shape index (κ2) is 6.56. The zero-order chi connectivity index (χ0) is 16.2. The molecule has 1 amide bonds. The molecule has 116 valence electrons. The number of rotatable bonds is 6. The lowest BCUT2D eigenvalue weighted by molar-refractivity contribution is -0.129. The molecule has 0 aliphatic heterocycles. The van der Waals surface area contributed by atoms with Crippen LogP contribution in [0.5, 0.6) is 5.75 Å². The maximum absolute atomic E-state index is 13.7. The molecule has 1 aromatic carbocycles. The fraction of sp³-hybridized carbons (Fsp3) is 0.467. The summed E-state index contributed by atoms with van der Waals surface area (Å²) < 4.78 is 18.9. The van der Waals surface area contributed by atoms with Gasteiger partial charge in [-0.1, -0.05) is 13.0 Å². The Bertz CT molecular complexity index is 542. The van der Waals surface area contributed by atoms with Crippen molar-refractivity contribution in [1.29, 1.82) is 0 Å². The van der Waals surface area contributed by atoms with Crippen LogP contribution < -0.4 is 10.1 Å².